The van der Waals surface area contributed by atoms with Gasteiger partial charge in [-0.1, -0.05) is 6.42 Å². The van der Waals surface area contributed by atoms with E-state index in [0.717, 1.165) is 31.8 Å². The minimum atomic E-state index is 0.00436. The Morgan fingerprint density at radius 3 is 2.33 bits per heavy atom. The summed E-state index contributed by atoms with van der Waals surface area (Å²) in [6.45, 7) is 6.53. The summed E-state index contributed by atoms with van der Waals surface area (Å²) in [5.74, 6) is 0.792. The number of nitrogens with zero attached hydrogens (tertiary/aromatic N) is 1. The zero-order valence-electron chi connectivity index (χ0n) is 10.7. The van der Waals surface area contributed by atoms with E-state index in [4.69, 9.17) is 16.3 Å². The van der Waals surface area contributed by atoms with Crippen molar-refractivity contribution in [2.45, 2.75) is 45.1 Å². The molecule has 0 bridgehead atoms. The zero-order chi connectivity index (χ0) is 11.7. The van der Waals surface area contributed by atoms with Crippen LogP contribution in [0.1, 0.15) is 39.5 Å². The number of unbranched alkanes of at least 4 members (excludes halogenated alkanes) is 2. The van der Waals surface area contributed by atoms with E-state index in [2.05, 4.69) is 25.8 Å². The van der Waals surface area contributed by atoms with Crippen LogP contribution in [0, 0.1) is 0 Å². The average Bonchev–Trinajstić information content (AvgIpc) is 2.22. The number of halogens is 1. The summed E-state index contributed by atoms with van der Waals surface area (Å²) in [6, 6.07) is 0. The number of methoxy groups -OCH3 is 1. The van der Waals surface area contributed by atoms with Crippen molar-refractivity contribution >= 4 is 11.6 Å². The van der Waals surface area contributed by atoms with Gasteiger partial charge >= 0.3 is 0 Å². The quantitative estimate of drug-likeness (QED) is 0.450. The SMILES string of the molecule is COC(C)(C)CCN(C)CCCCCCl. The fourth-order valence-corrected chi connectivity index (χ4v) is 1.52. The molecule has 0 aliphatic heterocycles. The molecule has 0 saturated heterocycles. The van der Waals surface area contributed by atoms with E-state index in [1.54, 1.807) is 7.11 Å². The number of alkyl halides is 1. The van der Waals surface area contributed by atoms with E-state index in [0.29, 0.717) is 0 Å². The highest BCUT2D eigenvalue weighted by Gasteiger charge is 2.16. The van der Waals surface area contributed by atoms with Crippen molar-refractivity contribution in [2.24, 2.45) is 0 Å². The molecule has 0 spiro atoms. The Morgan fingerprint density at radius 2 is 1.80 bits per heavy atom. The first kappa shape index (κ1) is 15.2. The Kier molecular flexibility index (Phi) is 8.49. The van der Waals surface area contributed by atoms with Gasteiger partial charge in [0.25, 0.3) is 0 Å². The molecule has 0 N–H and O–H groups in total. The van der Waals surface area contributed by atoms with E-state index in [9.17, 15) is 0 Å². The van der Waals surface area contributed by atoms with Gasteiger partial charge in [-0.25, -0.2) is 0 Å². The van der Waals surface area contributed by atoms with Crippen LogP contribution in [0.4, 0.5) is 0 Å². The normalized spacial score (nSPS) is 12.4. The van der Waals surface area contributed by atoms with Crippen molar-refractivity contribution in [3.05, 3.63) is 0 Å². The van der Waals surface area contributed by atoms with Gasteiger partial charge in [-0.15, -0.1) is 11.6 Å². The molecule has 0 aromatic heterocycles. The summed E-state index contributed by atoms with van der Waals surface area (Å²) in [7, 11) is 3.95. The van der Waals surface area contributed by atoms with E-state index in [1.165, 1.54) is 12.8 Å². The van der Waals surface area contributed by atoms with Gasteiger partial charge < -0.3 is 9.64 Å². The standard InChI is InChI=1S/C12H26ClNO/c1-12(2,15-4)8-11-14(3)10-7-5-6-9-13/h5-11H2,1-4H3. The Hall–Kier alpha value is 0.210. The lowest BCUT2D eigenvalue weighted by molar-refractivity contribution is 0.00907. The van der Waals surface area contributed by atoms with Crippen LogP contribution in [0.2, 0.25) is 0 Å². The molecule has 0 unspecified atom stereocenters. The zero-order valence-corrected chi connectivity index (χ0v) is 11.4. The molecule has 0 aliphatic rings. The highest BCUT2D eigenvalue weighted by molar-refractivity contribution is 6.17. The van der Waals surface area contributed by atoms with Crippen LogP contribution < -0.4 is 0 Å². The molecular weight excluding hydrogens is 210 g/mol. The second-order valence-electron chi connectivity index (χ2n) is 4.77. The van der Waals surface area contributed by atoms with E-state index < -0.39 is 0 Å². The first-order chi connectivity index (χ1) is 7.02. The van der Waals surface area contributed by atoms with Crippen LogP contribution >= 0.6 is 11.6 Å². The third-order valence-electron chi connectivity index (χ3n) is 2.82. The Bertz CT molecular complexity index is 151. The third kappa shape index (κ3) is 9.16. The smallest absolute Gasteiger partial charge is 0.0634 e. The molecule has 2 nitrogen and oxygen atoms in total. The van der Waals surface area contributed by atoms with Gasteiger partial charge in [0, 0.05) is 19.5 Å². The summed E-state index contributed by atoms with van der Waals surface area (Å²) < 4.78 is 5.39. The molecule has 15 heavy (non-hydrogen) atoms. The summed E-state index contributed by atoms with van der Waals surface area (Å²) >= 11 is 5.63. The van der Waals surface area contributed by atoms with Crippen molar-refractivity contribution in [3.8, 4) is 0 Å². The first-order valence-corrected chi connectivity index (χ1v) is 6.35. The Labute approximate surface area is 99.9 Å². The van der Waals surface area contributed by atoms with E-state index in [1.807, 2.05) is 0 Å². The summed E-state index contributed by atoms with van der Waals surface area (Å²) in [5.41, 5.74) is 0.00436. The first-order valence-electron chi connectivity index (χ1n) is 5.81. The second kappa shape index (κ2) is 8.37. The molecule has 92 valence electrons. The van der Waals surface area contributed by atoms with Gasteiger partial charge in [-0.05, 0) is 46.7 Å². The summed E-state index contributed by atoms with van der Waals surface area (Å²) in [5, 5.41) is 0. The molecule has 0 fully saturated rings. The predicted octanol–water partition coefficient (Wildman–Crippen LogP) is 3.14. The van der Waals surface area contributed by atoms with Crippen molar-refractivity contribution in [2.75, 3.05) is 33.1 Å². The molecule has 0 aliphatic carbocycles. The summed E-state index contributed by atoms with van der Waals surface area (Å²) in [6.07, 6.45) is 4.70. The maximum atomic E-state index is 5.63. The number of hydrogen-bond donors (Lipinski definition) is 0. The van der Waals surface area contributed by atoms with Gasteiger partial charge in [0.1, 0.15) is 0 Å². The van der Waals surface area contributed by atoms with Gasteiger partial charge in [-0.2, -0.15) is 0 Å². The number of rotatable bonds is 9. The van der Waals surface area contributed by atoms with Crippen LogP contribution in [0.25, 0.3) is 0 Å². The van der Waals surface area contributed by atoms with Crippen molar-refractivity contribution in [1.82, 2.24) is 4.90 Å². The number of ether oxygens (including phenoxy) is 1. The predicted molar refractivity (Wildman–Crippen MR) is 67.8 cm³/mol. The minimum Gasteiger partial charge on any atom is -0.379 e. The third-order valence-corrected chi connectivity index (χ3v) is 3.09. The molecule has 0 atom stereocenters. The Balaban J connectivity index is 3.44. The summed E-state index contributed by atoms with van der Waals surface area (Å²) in [4.78, 5) is 2.37. The molecule has 3 heteroatoms. The monoisotopic (exact) mass is 235 g/mol. The molecule has 0 heterocycles. The lowest BCUT2D eigenvalue weighted by Gasteiger charge is -2.26. The lowest BCUT2D eigenvalue weighted by Crippen LogP contribution is -2.30. The van der Waals surface area contributed by atoms with Gasteiger partial charge in [0.2, 0.25) is 0 Å². The van der Waals surface area contributed by atoms with Crippen LogP contribution in [0.15, 0.2) is 0 Å². The van der Waals surface area contributed by atoms with Gasteiger partial charge in [0.15, 0.2) is 0 Å². The molecule has 0 rings (SSSR count). The average molecular weight is 236 g/mol. The highest BCUT2D eigenvalue weighted by Crippen LogP contribution is 2.13. The molecule has 0 amide bonds. The minimum absolute atomic E-state index is 0.00436. The molecule has 0 radical (unpaired) electrons. The van der Waals surface area contributed by atoms with Crippen molar-refractivity contribution < 1.29 is 4.74 Å². The fraction of sp³-hybridized carbons (Fsp3) is 1.00. The molecule has 0 aromatic carbocycles. The van der Waals surface area contributed by atoms with Crippen LogP contribution in [-0.2, 0) is 4.74 Å². The van der Waals surface area contributed by atoms with Crippen molar-refractivity contribution in [1.29, 1.82) is 0 Å². The molecular formula is C12H26ClNO. The van der Waals surface area contributed by atoms with Crippen molar-refractivity contribution in [3.63, 3.8) is 0 Å². The second-order valence-corrected chi connectivity index (χ2v) is 5.14. The lowest BCUT2D eigenvalue weighted by atomic mass is 10.1. The maximum Gasteiger partial charge on any atom is 0.0634 e. The topological polar surface area (TPSA) is 12.5 Å². The van der Waals surface area contributed by atoms with Crippen LogP contribution in [0.5, 0.6) is 0 Å². The molecule has 0 saturated carbocycles. The van der Waals surface area contributed by atoms with Crippen LogP contribution in [-0.4, -0.2) is 43.6 Å². The Morgan fingerprint density at radius 1 is 1.13 bits per heavy atom. The maximum absolute atomic E-state index is 5.63. The fourth-order valence-electron chi connectivity index (χ4n) is 1.33. The van der Waals surface area contributed by atoms with Crippen LogP contribution in [0.3, 0.4) is 0 Å². The number of hydrogen-bond acceptors (Lipinski definition) is 2. The highest BCUT2D eigenvalue weighted by atomic mass is 35.5. The largest absolute Gasteiger partial charge is 0.379 e. The van der Waals surface area contributed by atoms with Gasteiger partial charge in [-0.3, -0.25) is 0 Å². The van der Waals surface area contributed by atoms with E-state index >= 15 is 0 Å². The molecule has 0 aromatic rings. The van der Waals surface area contributed by atoms with E-state index in [-0.39, 0.29) is 5.60 Å². The van der Waals surface area contributed by atoms with Gasteiger partial charge in [0.05, 0.1) is 5.60 Å².